The van der Waals surface area contributed by atoms with E-state index in [1.165, 1.54) is 26.4 Å². The molecule has 1 aromatic carbocycles. The van der Waals surface area contributed by atoms with E-state index < -0.39 is 0 Å². The smallest absolute Gasteiger partial charge is 0.337 e. The second kappa shape index (κ2) is 7.08. The zero-order valence-electron chi connectivity index (χ0n) is 11.9. The molecule has 0 radical (unpaired) electrons. The Morgan fingerprint density at radius 3 is 2.40 bits per heavy atom. The largest absolute Gasteiger partial charge is 0.465 e. The van der Waals surface area contributed by atoms with E-state index in [0.717, 1.165) is 18.5 Å². The maximum absolute atomic E-state index is 12.0. The van der Waals surface area contributed by atoms with Gasteiger partial charge >= 0.3 is 5.97 Å². The molecule has 0 bridgehead atoms. The summed E-state index contributed by atoms with van der Waals surface area (Å²) in [4.78, 5) is 23.3. The summed E-state index contributed by atoms with van der Waals surface area (Å²) in [5.74, 6) is 0.214. The number of rotatable bonds is 4. The molecule has 108 valence electrons. The van der Waals surface area contributed by atoms with Crippen molar-refractivity contribution in [2.75, 3.05) is 12.4 Å². The van der Waals surface area contributed by atoms with Crippen molar-refractivity contribution in [2.45, 2.75) is 38.5 Å². The average molecular weight is 275 g/mol. The quantitative estimate of drug-likeness (QED) is 0.857. The molecule has 1 N–H and O–H groups in total. The minimum absolute atomic E-state index is 0.0581. The summed E-state index contributed by atoms with van der Waals surface area (Å²) in [6.07, 6.45) is 6.70. The van der Waals surface area contributed by atoms with Gasteiger partial charge in [-0.1, -0.05) is 19.3 Å². The van der Waals surface area contributed by atoms with Crippen LogP contribution in [0, 0.1) is 5.92 Å². The summed E-state index contributed by atoms with van der Waals surface area (Å²) in [7, 11) is 1.35. The van der Waals surface area contributed by atoms with Gasteiger partial charge in [0.15, 0.2) is 0 Å². The van der Waals surface area contributed by atoms with Crippen LogP contribution in [0.4, 0.5) is 5.69 Å². The molecule has 0 spiro atoms. The Balaban J connectivity index is 1.85. The third-order valence-electron chi connectivity index (χ3n) is 3.79. The first-order valence-corrected chi connectivity index (χ1v) is 7.17. The van der Waals surface area contributed by atoms with Gasteiger partial charge in [-0.05, 0) is 43.0 Å². The zero-order valence-corrected chi connectivity index (χ0v) is 11.9. The van der Waals surface area contributed by atoms with Crippen LogP contribution in [-0.2, 0) is 9.53 Å². The second-order valence-electron chi connectivity index (χ2n) is 5.33. The van der Waals surface area contributed by atoms with Crippen LogP contribution in [0.25, 0.3) is 0 Å². The fourth-order valence-electron chi connectivity index (χ4n) is 2.67. The van der Waals surface area contributed by atoms with Crippen LogP contribution in [0.2, 0.25) is 0 Å². The summed E-state index contributed by atoms with van der Waals surface area (Å²) < 4.78 is 4.63. The molecule has 0 unspecified atom stereocenters. The Hall–Kier alpha value is -1.84. The Labute approximate surface area is 119 Å². The minimum Gasteiger partial charge on any atom is -0.465 e. The van der Waals surface area contributed by atoms with E-state index in [0.29, 0.717) is 17.9 Å². The summed E-state index contributed by atoms with van der Waals surface area (Å²) in [6.45, 7) is 0. The maximum atomic E-state index is 12.0. The molecular weight excluding hydrogens is 254 g/mol. The molecule has 1 aliphatic rings. The number of nitrogens with one attached hydrogen (secondary N) is 1. The molecule has 1 amide bonds. The van der Waals surface area contributed by atoms with E-state index in [9.17, 15) is 9.59 Å². The van der Waals surface area contributed by atoms with E-state index in [1.54, 1.807) is 24.3 Å². The summed E-state index contributed by atoms with van der Waals surface area (Å²) >= 11 is 0. The number of benzene rings is 1. The molecule has 0 saturated heterocycles. The van der Waals surface area contributed by atoms with Gasteiger partial charge in [-0.25, -0.2) is 4.79 Å². The molecular formula is C16H21NO3. The first kappa shape index (κ1) is 14.6. The van der Waals surface area contributed by atoms with Crippen LogP contribution in [0.1, 0.15) is 48.9 Å². The Morgan fingerprint density at radius 2 is 1.80 bits per heavy atom. The van der Waals surface area contributed by atoms with Crippen molar-refractivity contribution in [2.24, 2.45) is 5.92 Å². The van der Waals surface area contributed by atoms with E-state index >= 15 is 0 Å². The van der Waals surface area contributed by atoms with Crippen molar-refractivity contribution in [1.82, 2.24) is 0 Å². The molecule has 1 aromatic rings. The highest BCUT2D eigenvalue weighted by Gasteiger charge is 2.17. The lowest BCUT2D eigenvalue weighted by Gasteiger charge is -2.20. The van der Waals surface area contributed by atoms with Crippen LogP contribution in [0.5, 0.6) is 0 Å². The maximum Gasteiger partial charge on any atom is 0.337 e. The zero-order chi connectivity index (χ0) is 14.4. The summed E-state index contributed by atoms with van der Waals surface area (Å²) in [5.41, 5.74) is 1.20. The number of anilines is 1. The predicted octanol–water partition coefficient (Wildman–Crippen LogP) is 3.38. The standard InChI is InChI=1S/C16H21NO3/c1-20-16(19)13-7-9-14(10-8-13)17-15(18)11-12-5-3-2-4-6-12/h7-10,12H,2-6,11H2,1H3,(H,17,18). The average Bonchev–Trinajstić information content (AvgIpc) is 2.48. The van der Waals surface area contributed by atoms with Gasteiger partial charge in [0.05, 0.1) is 12.7 Å². The molecule has 0 aliphatic heterocycles. The van der Waals surface area contributed by atoms with E-state index in [4.69, 9.17) is 0 Å². The van der Waals surface area contributed by atoms with Gasteiger partial charge in [0.1, 0.15) is 0 Å². The van der Waals surface area contributed by atoms with Gasteiger partial charge in [-0.2, -0.15) is 0 Å². The molecule has 1 saturated carbocycles. The molecule has 0 atom stereocenters. The molecule has 4 heteroatoms. The predicted molar refractivity (Wildman–Crippen MR) is 77.6 cm³/mol. The first-order valence-electron chi connectivity index (χ1n) is 7.17. The van der Waals surface area contributed by atoms with Gasteiger partial charge < -0.3 is 10.1 Å². The SMILES string of the molecule is COC(=O)c1ccc(NC(=O)CC2CCCCC2)cc1. The van der Waals surface area contributed by atoms with Gasteiger partial charge in [0.2, 0.25) is 5.91 Å². The van der Waals surface area contributed by atoms with Crippen LogP contribution in [0.15, 0.2) is 24.3 Å². The summed E-state index contributed by atoms with van der Waals surface area (Å²) in [6, 6.07) is 6.76. The molecule has 0 heterocycles. The number of hydrogen-bond donors (Lipinski definition) is 1. The lowest BCUT2D eigenvalue weighted by molar-refractivity contribution is -0.117. The fraction of sp³-hybridized carbons (Fsp3) is 0.500. The monoisotopic (exact) mass is 275 g/mol. The third kappa shape index (κ3) is 4.08. The molecule has 4 nitrogen and oxygen atoms in total. The number of carbonyl (C=O) groups excluding carboxylic acids is 2. The number of amides is 1. The lowest BCUT2D eigenvalue weighted by Crippen LogP contribution is -2.18. The Bertz CT molecular complexity index is 461. The van der Waals surface area contributed by atoms with E-state index in [1.807, 2.05) is 0 Å². The molecule has 1 aliphatic carbocycles. The molecule has 0 aromatic heterocycles. The highest BCUT2D eigenvalue weighted by molar-refractivity contribution is 5.93. The van der Waals surface area contributed by atoms with Crippen LogP contribution in [-0.4, -0.2) is 19.0 Å². The molecule has 20 heavy (non-hydrogen) atoms. The van der Waals surface area contributed by atoms with Crippen molar-refractivity contribution in [3.05, 3.63) is 29.8 Å². The number of carbonyl (C=O) groups is 2. The molecule has 2 rings (SSSR count). The number of ether oxygens (including phenoxy) is 1. The van der Waals surface area contributed by atoms with Crippen molar-refractivity contribution < 1.29 is 14.3 Å². The van der Waals surface area contributed by atoms with Gasteiger partial charge in [-0.15, -0.1) is 0 Å². The van der Waals surface area contributed by atoms with Crippen LogP contribution >= 0.6 is 0 Å². The lowest BCUT2D eigenvalue weighted by atomic mass is 9.87. The number of esters is 1. The normalized spacial score (nSPS) is 15.7. The fourth-order valence-corrected chi connectivity index (χ4v) is 2.67. The van der Waals surface area contributed by atoms with Crippen molar-refractivity contribution in [1.29, 1.82) is 0 Å². The topological polar surface area (TPSA) is 55.4 Å². The third-order valence-corrected chi connectivity index (χ3v) is 3.79. The Morgan fingerprint density at radius 1 is 1.15 bits per heavy atom. The second-order valence-corrected chi connectivity index (χ2v) is 5.33. The number of hydrogen-bond acceptors (Lipinski definition) is 3. The van der Waals surface area contributed by atoms with Gasteiger partial charge in [-0.3, -0.25) is 4.79 Å². The van der Waals surface area contributed by atoms with E-state index in [2.05, 4.69) is 10.1 Å². The van der Waals surface area contributed by atoms with Crippen LogP contribution < -0.4 is 5.32 Å². The number of methoxy groups -OCH3 is 1. The highest BCUT2D eigenvalue weighted by Crippen LogP contribution is 2.26. The van der Waals surface area contributed by atoms with Gasteiger partial charge in [0, 0.05) is 12.1 Å². The first-order chi connectivity index (χ1) is 9.69. The van der Waals surface area contributed by atoms with Crippen molar-refractivity contribution in [3.8, 4) is 0 Å². The van der Waals surface area contributed by atoms with Gasteiger partial charge in [0.25, 0.3) is 0 Å². The highest BCUT2D eigenvalue weighted by atomic mass is 16.5. The molecule has 1 fully saturated rings. The summed E-state index contributed by atoms with van der Waals surface area (Å²) in [5, 5.41) is 2.88. The van der Waals surface area contributed by atoms with E-state index in [-0.39, 0.29) is 11.9 Å². The van der Waals surface area contributed by atoms with Crippen molar-refractivity contribution >= 4 is 17.6 Å². The van der Waals surface area contributed by atoms with Crippen LogP contribution in [0.3, 0.4) is 0 Å². The van der Waals surface area contributed by atoms with Crippen molar-refractivity contribution in [3.63, 3.8) is 0 Å². The Kier molecular flexibility index (Phi) is 5.16. The minimum atomic E-state index is -0.370.